The molecular weight excluding hydrogens is 370 g/mol. The van der Waals surface area contributed by atoms with E-state index in [9.17, 15) is 8.42 Å². The predicted molar refractivity (Wildman–Crippen MR) is 100 cm³/mol. The van der Waals surface area contributed by atoms with Gasteiger partial charge >= 0.3 is 0 Å². The zero-order valence-corrected chi connectivity index (χ0v) is 15.8. The SMILES string of the molecule is Cn1c2c(c3cc(S(=O)(=O)c4cc(Cl)ccn4)ccc31)C1CCC(C2)N1. The molecule has 0 spiro atoms. The van der Waals surface area contributed by atoms with Gasteiger partial charge in [-0.15, -0.1) is 0 Å². The third kappa shape index (κ3) is 2.25. The first-order valence-electron chi connectivity index (χ1n) is 8.69. The van der Waals surface area contributed by atoms with E-state index < -0.39 is 9.84 Å². The number of sulfone groups is 1. The van der Waals surface area contributed by atoms with Crippen LogP contribution in [0.15, 0.2) is 46.5 Å². The molecule has 0 aliphatic carbocycles. The fourth-order valence-corrected chi connectivity index (χ4v) is 5.87. The van der Waals surface area contributed by atoms with Gasteiger partial charge in [-0.05, 0) is 48.7 Å². The number of halogens is 1. The molecular formula is C19H18ClN3O2S. The Balaban J connectivity index is 1.72. The monoisotopic (exact) mass is 387 g/mol. The molecule has 1 saturated heterocycles. The van der Waals surface area contributed by atoms with Gasteiger partial charge < -0.3 is 9.88 Å². The van der Waals surface area contributed by atoms with Gasteiger partial charge in [-0.2, -0.15) is 0 Å². The summed E-state index contributed by atoms with van der Waals surface area (Å²) in [6, 6.07) is 9.18. The molecule has 26 heavy (non-hydrogen) atoms. The van der Waals surface area contributed by atoms with E-state index in [1.165, 1.54) is 29.9 Å². The van der Waals surface area contributed by atoms with Crippen molar-refractivity contribution in [2.24, 2.45) is 7.05 Å². The minimum absolute atomic E-state index is 0.0202. The van der Waals surface area contributed by atoms with Gasteiger partial charge in [0.1, 0.15) is 0 Å². The van der Waals surface area contributed by atoms with Crippen LogP contribution in [0, 0.1) is 0 Å². The highest BCUT2D eigenvalue weighted by molar-refractivity contribution is 7.91. The molecule has 0 saturated carbocycles. The molecule has 2 unspecified atom stereocenters. The van der Waals surface area contributed by atoms with E-state index in [4.69, 9.17) is 11.6 Å². The Bertz CT molecular complexity index is 1150. The van der Waals surface area contributed by atoms with Crippen molar-refractivity contribution in [1.29, 1.82) is 0 Å². The lowest BCUT2D eigenvalue weighted by atomic mass is 9.99. The van der Waals surface area contributed by atoms with Gasteiger partial charge in [0.15, 0.2) is 5.03 Å². The largest absolute Gasteiger partial charge is 0.347 e. The Morgan fingerprint density at radius 1 is 1.23 bits per heavy atom. The van der Waals surface area contributed by atoms with E-state index in [-0.39, 0.29) is 9.92 Å². The Morgan fingerprint density at radius 2 is 2.08 bits per heavy atom. The van der Waals surface area contributed by atoms with Crippen molar-refractivity contribution in [2.75, 3.05) is 0 Å². The van der Waals surface area contributed by atoms with Gasteiger partial charge in [0.05, 0.1) is 4.90 Å². The molecule has 2 aliphatic heterocycles. The number of aromatic nitrogens is 2. The van der Waals surface area contributed by atoms with Crippen LogP contribution in [-0.4, -0.2) is 24.0 Å². The van der Waals surface area contributed by atoms with Crippen molar-refractivity contribution in [2.45, 2.75) is 41.3 Å². The summed E-state index contributed by atoms with van der Waals surface area (Å²) in [4.78, 5) is 4.27. The Labute approximate surface area is 156 Å². The zero-order valence-electron chi connectivity index (χ0n) is 14.2. The molecule has 3 aromatic rings. The van der Waals surface area contributed by atoms with E-state index in [2.05, 4.69) is 21.9 Å². The number of benzene rings is 1. The van der Waals surface area contributed by atoms with Crippen LogP contribution in [0.3, 0.4) is 0 Å². The van der Waals surface area contributed by atoms with Crippen molar-refractivity contribution >= 4 is 32.3 Å². The van der Waals surface area contributed by atoms with E-state index in [1.54, 1.807) is 18.2 Å². The van der Waals surface area contributed by atoms with Crippen LogP contribution in [0.1, 0.15) is 30.1 Å². The summed E-state index contributed by atoms with van der Waals surface area (Å²) in [6.45, 7) is 0. The Morgan fingerprint density at radius 3 is 2.88 bits per heavy atom. The first-order chi connectivity index (χ1) is 12.4. The second-order valence-corrected chi connectivity index (χ2v) is 9.44. The van der Waals surface area contributed by atoms with Gasteiger partial charge in [0, 0.05) is 53.4 Å². The van der Waals surface area contributed by atoms with Crippen LogP contribution in [0.4, 0.5) is 0 Å². The summed E-state index contributed by atoms with van der Waals surface area (Å²) < 4.78 is 28.3. The number of hydrogen-bond donors (Lipinski definition) is 1. The molecule has 1 aromatic carbocycles. The third-order valence-corrected chi connectivity index (χ3v) is 7.53. The van der Waals surface area contributed by atoms with Gasteiger partial charge in [-0.3, -0.25) is 0 Å². The van der Waals surface area contributed by atoms with Crippen molar-refractivity contribution in [3.05, 3.63) is 52.8 Å². The molecule has 2 atom stereocenters. The first-order valence-corrected chi connectivity index (χ1v) is 10.5. The maximum absolute atomic E-state index is 13.0. The van der Waals surface area contributed by atoms with Crippen LogP contribution < -0.4 is 5.32 Å². The Kier molecular flexibility index (Phi) is 3.48. The van der Waals surface area contributed by atoms with Crippen LogP contribution >= 0.6 is 11.6 Å². The summed E-state index contributed by atoms with van der Waals surface area (Å²) in [5.74, 6) is 0. The topological polar surface area (TPSA) is 64.0 Å². The number of nitrogens with zero attached hydrogens (tertiary/aromatic N) is 2. The summed E-state index contributed by atoms with van der Waals surface area (Å²) in [5.41, 5.74) is 3.65. The molecule has 1 fully saturated rings. The molecule has 2 aliphatic rings. The molecule has 1 N–H and O–H groups in total. The zero-order chi connectivity index (χ0) is 18.1. The number of aryl methyl sites for hydroxylation is 1. The predicted octanol–water partition coefficient (Wildman–Crippen LogP) is 3.41. The quantitative estimate of drug-likeness (QED) is 0.731. The van der Waals surface area contributed by atoms with Gasteiger partial charge in [-0.25, -0.2) is 13.4 Å². The van der Waals surface area contributed by atoms with Crippen molar-refractivity contribution in [3.8, 4) is 0 Å². The highest BCUT2D eigenvalue weighted by atomic mass is 35.5. The lowest BCUT2D eigenvalue weighted by molar-refractivity contribution is 0.503. The lowest BCUT2D eigenvalue weighted by Gasteiger charge is -2.23. The van der Waals surface area contributed by atoms with Crippen molar-refractivity contribution < 1.29 is 8.42 Å². The lowest BCUT2D eigenvalue weighted by Crippen LogP contribution is -2.32. The fourth-order valence-electron chi connectivity index (χ4n) is 4.40. The van der Waals surface area contributed by atoms with Crippen molar-refractivity contribution in [3.63, 3.8) is 0 Å². The normalized spacial score (nSPS) is 21.9. The van der Waals surface area contributed by atoms with Gasteiger partial charge in [-0.1, -0.05) is 11.6 Å². The molecule has 5 rings (SSSR count). The van der Waals surface area contributed by atoms with E-state index in [0.29, 0.717) is 17.1 Å². The van der Waals surface area contributed by atoms with E-state index in [0.717, 1.165) is 23.7 Å². The average molecular weight is 388 g/mol. The molecule has 5 nitrogen and oxygen atoms in total. The number of fused-ring (bicyclic) bond motifs is 6. The highest BCUT2D eigenvalue weighted by Crippen LogP contribution is 2.42. The van der Waals surface area contributed by atoms with Crippen LogP contribution in [0.5, 0.6) is 0 Å². The molecule has 0 amide bonds. The number of hydrogen-bond acceptors (Lipinski definition) is 4. The molecule has 2 bridgehead atoms. The fraction of sp³-hybridized carbons (Fsp3) is 0.316. The number of nitrogens with one attached hydrogen (secondary N) is 1. The van der Waals surface area contributed by atoms with E-state index >= 15 is 0 Å². The molecule has 0 radical (unpaired) electrons. The Hall–Kier alpha value is -1.89. The number of rotatable bonds is 2. The second-order valence-electron chi connectivity index (χ2n) is 7.11. The standard InChI is InChI=1S/C19H18ClN3O2S/c1-23-16-5-3-13(26(24,25)18-8-11(20)6-7-21-18)10-14(16)19-15-4-2-12(22-15)9-17(19)23/h3,5-8,10,12,15,22H,2,4,9H2,1H3. The van der Waals surface area contributed by atoms with Gasteiger partial charge in [0.2, 0.25) is 9.84 Å². The summed E-state index contributed by atoms with van der Waals surface area (Å²) in [5, 5.41) is 5.01. The number of pyridine rings is 1. The molecule has 2 aromatic heterocycles. The average Bonchev–Trinajstić information content (AvgIpc) is 3.14. The molecule has 134 valence electrons. The smallest absolute Gasteiger partial charge is 0.223 e. The van der Waals surface area contributed by atoms with Crippen LogP contribution in [0.2, 0.25) is 5.02 Å². The third-order valence-electron chi connectivity index (χ3n) is 5.65. The highest BCUT2D eigenvalue weighted by Gasteiger charge is 2.36. The summed E-state index contributed by atoms with van der Waals surface area (Å²) in [7, 11) is -1.64. The second kappa shape index (κ2) is 5.55. The van der Waals surface area contributed by atoms with Crippen LogP contribution in [0.25, 0.3) is 10.9 Å². The molecule has 7 heteroatoms. The minimum atomic E-state index is -3.71. The van der Waals surface area contributed by atoms with Gasteiger partial charge in [0.25, 0.3) is 0 Å². The summed E-state index contributed by atoms with van der Waals surface area (Å²) in [6.07, 6.45) is 4.69. The maximum atomic E-state index is 13.0. The van der Waals surface area contributed by atoms with Crippen LogP contribution in [-0.2, 0) is 23.3 Å². The molecule has 4 heterocycles. The van der Waals surface area contributed by atoms with Crippen molar-refractivity contribution in [1.82, 2.24) is 14.9 Å². The maximum Gasteiger partial charge on any atom is 0.223 e. The summed E-state index contributed by atoms with van der Waals surface area (Å²) >= 11 is 5.96. The minimum Gasteiger partial charge on any atom is -0.347 e. The van der Waals surface area contributed by atoms with E-state index in [1.807, 2.05) is 6.07 Å². The first kappa shape index (κ1) is 16.3.